The van der Waals surface area contributed by atoms with Gasteiger partial charge in [-0.05, 0) is 77.0 Å². The Morgan fingerprint density at radius 3 is 2.57 bits per heavy atom. The summed E-state index contributed by atoms with van der Waals surface area (Å²) in [6.45, 7) is 9.74. The van der Waals surface area contributed by atoms with E-state index in [1.54, 1.807) is 16.7 Å². The average Bonchev–Trinajstić information content (AvgIpc) is 2.39. The van der Waals surface area contributed by atoms with Crippen molar-refractivity contribution in [2.24, 2.45) is 11.3 Å². The van der Waals surface area contributed by atoms with Gasteiger partial charge in [-0.3, -0.25) is 0 Å². The minimum Gasteiger partial charge on any atom is -0.171 e. The number of thiol groups is 1. The quantitative estimate of drug-likeness (QED) is 0.198. The first kappa shape index (κ1) is 16.4. The maximum absolute atomic E-state index is 5.32. The highest BCUT2D eigenvalue weighted by Crippen LogP contribution is 2.61. The van der Waals surface area contributed by atoms with Crippen molar-refractivity contribution in [2.45, 2.75) is 80.8 Å². The number of alkyl halides is 1. The SMILES string of the molecule is CC1=CCC[C@@]2(C)CCC3=C(C)CC[C@@](S)(CC12)C3(C)I. The third-order valence-corrected chi connectivity index (χ3v) is 9.89. The van der Waals surface area contributed by atoms with Crippen LogP contribution >= 0.6 is 35.2 Å². The molecule has 0 saturated heterocycles. The van der Waals surface area contributed by atoms with E-state index in [4.69, 9.17) is 12.6 Å². The molecule has 2 unspecified atom stereocenters. The Hall–Kier alpha value is 0.560. The molecular weight excluding hydrogens is 387 g/mol. The van der Waals surface area contributed by atoms with Crippen LogP contribution in [0.4, 0.5) is 0 Å². The zero-order chi connectivity index (χ0) is 15.5. The summed E-state index contributed by atoms with van der Waals surface area (Å²) in [7, 11) is 0. The third-order valence-electron chi connectivity index (χ3n) is 6.93. The third kappa shape index (κ3) is 2.47. The van der Waals surface area contributed by atoms with E-state index in [1.165, 1.54) is 44.9 Å². The van der Waals surface area contributed by atoms with Gasteiger partial charge in [0, 0.05) is 4.75 Å². The van der Waals surface area contributed by atoms with Gasteiger partial charge in [0.1, 0.15) is 0 Å². The summed E-state index contributed by atoms with van der Waals surface area (Å²) in [6.07, 6.45) is 11.5. The van der Waals surface area contributed by atoms with E-state index in [2.05, 4.69) is 56.4 Å². The van der Waals surface area contributed by atoms with E-state index in [1.807, 2.05) is 0 Å². The summed E-state index contributed by atoms with van der Waals surface area (Å²) in [6, 6.07) is 0. The molecule has 0 aromatic rings. The molecular formula is C19H29IS. The summed E-state index contributed by atoms with van der Waals surface area (Å²) in [4.78, 5) is 0. The van der Waals surface area contributed by atoms with Crippen LogP contribution in [0.25, 0.3) is 0 Å². The molecule has 0 amide bonds. The van der Waals surface area contributed by atoms with E-state index in [9.17, 15) is 0 Å². The van der Waals surface area contributed by atoms with E-state index >= 15 is 0 Å². The van der Waals surface area contributed by atoms with Crippen molar-refractivity contribution >= 4 is 35.2 Å². The molecule has 3 aliphatic carbocycles. The van der Waals surface area contributed by atoms with Crippen LogP contribution in [0.2, 0.25) is 0 Å². The molecule has 1 fully saturated rings. The first-order valence-electron chi connectivity index (χ1n) is 8.47. The molecule has 0 N–H and O–H groups in total. The first-order valence-corrected chi connectivity index (χ1v) is 9.99. The highest BCUT2D eigenvalue weighted by Gasteiger charge is 2.54. The van der Waals surface area contributed by atoms with Gasteiger partial charge in [0.05, 0.1) is 3.42 Å². The minimum absolute atomic E-state index is 0.154. The van der Waals surface area contributed by atoms with E-state index in [-0.39, 0.29) is 8.17 Å². The van der Waals surface area contributed by atoms with Gasteiger partial charge in [-0.25, -0.2) is 0 Å². The second-order valence-electron chi connectivity index (χ2n) is 8.19. The van der Waals surface area contributed by atoms with Gasteiger partial charge in [-0.15, -0.1) is 0 Å². The average molecular weight is 416 g/mol. The molecule has 0 nitrogen and oxygen atoms in total. The number of allylic oxidation sites excluding steroid dienone is 4. The molecule has 3 rings (SSSR count). The van der Waals surface area contributed by atoms with E-state index in [0.717, 1.165) is 5.92 Å². The van der Waals surface area contributed by atoms with Crippen molar-refractivity contribution in [3.8, 4) is 0 Å². The molecule has 0 spiro atoms. The fraction of sp³-hybridized carbons (Fsp3) is 0.789. The summed E-state index contributed by atoms with van der Waals surface area (Å²) in [5.41, 5.74) is 5.50. The minimum atomic E-state index is 0.154. The topological polar surface area (TPSA) is 0 Å². The van der Waals surface area contributed by atoms with Crippen LogP contribution in [0.1, 0.15) is 72.6 Å². The van der Waals surface area contributed by atoms with E-state index in [0.29, 0.717) is 5.41 Å². The lowest BCUT2D eigenvalue weighted by molar-refractivity contribution is 0.130. The van der Waals surface area contributed by atoms with Crippen molar-refractivity contribution < 1.29 is 0 Å². The van der Waals surface area contributed by atoms with Crippen molar-refractivity contribution in [1.82, 2.24) is 0 Å². The number of halogens is 1. The predicted octanol–water partition coefficient (Wildman–Crippen LogP) is 6.51. The Labute approximate surface area is 149 Å². The molecule has 21 heavy (non-hydrogen) atoms. The molecule has 118 valence electrons. The van der Waals surface area contributed by atoms with Gasteiger partial charge in [-0.2, -0.15) is 12.6 Å². The molecule has 0 aliphatic heterocycles. The van der Waals surface area contributed by atoms with Crippen molar-refractivity contribution in [3.05, 3.63) is 22.8 Å². The van der Waals surface area contributed by atoms with Crippen LogP contribution in [-0.2, 0) is 0 Å². The monoisotopic (exact) mass is 416 g/mol. The van der Waals surface area contributed by atoms with Gasteiger partial charge >= 0.3 is 0 Å². The Kier molecular flexibility index (Phi) is 4.14. The second kappa shape index (κ2) is 5.29. The number of hydrogen-bond acceptors (Lipinski definition) is 1. The molecule has 2 heteroatoms. The molecule has 1 saturated carbocycles. The van der Waals surface area contributed by atoms with Crippen LogP contribution < -0.4 is 0 Å². The highest BCUT2D eigenvalue weighted by atomic mass is 127. The fourth-order valence-electron chi connectivity index (χ4n) is 5.15. The van der Waals surface area contributed by atoms with Crippen LogP contribution in [0.3, 0.4) is 0 Å². The van der Waals surface area contributed by atoms with Crippen molar-refractivity contribution in [3.63, 3.8) is 0 Å². The standard InChI is InChI=1S/C19H29IS/c1-13-6-5-9-17(3)10-8-15-14(2)7-11-19(21,12-16(13)17)18(15,4)20/h6,16,21H,5,7-12H2,1-4H3/t16?,17-,18?,19+/m0/s1. The lowest BCUT2D eigenvalue weighted by Gasteiger charge is -2.55. The van der Waals surface area contributed by atoms with Gasteiger partial charge in [0.15, 0.2) is 0 Å². The maximum atomic E-state index is 5.32. The summed E-state index contributed by atoms with van der Waals surface area (Å²) in [5, 5.41) is 0. The van der Waals surface area contributed by atoms with Crippen LogP contribution in [-0.4, -0.2) is 8.17 Å². The number of fused-ring (bicyclic) bond motifs is 3. The lowest BCUT2D eigenvalue weighted by Crippen LogP contribution is -2.52. The Balaban J connectivity index is 2.09. The smallest absolute Gasteiger partial charge is 0.0548 e. The van der Waals surface area contributed by atoms with Crippen LogP contribution in [0.5, 0.6) is 0 Å². The van der Waals surface area contributed by atoms with Crippen LogP contribution in [0.15, 0.2) is 22.8 Å². The van der Waals surface area contributed by atoms with Gasteiger partial charge < -0.3 is 0 Å². The van der Waals surface area contributed by atoms with Gasteiger partial charge in [0.2, 0.25) is 0 Å². The number of hydrogen-bond donors (Lipinski definition) is 1. The predicted molar refractivity (Wildman–Crippen MR) is 105 cm³/mol. The number of rotatable bonds is 0. The normalized spacial score (nSPS) is 47.3. The van der Waals surface area contributed by atoms with E-state index < -0.39 is 0 Å². The Morgan fingerprint density at radius 1 is 1.14 bits per heavy atom. The molecule has 4 atom stereocenters. The van der Waals surface area contributed by atoms with Crippen molar-refractivity contribution in [1.29, 1.82) is 0 Å². The van der Waals surface area contributed by atoms with Crippen LogP contribution in [0, 0.1) is 11.3 Å². The summed E-state index contributed by atoms with van der Waals surface area (Å²) < 4.78 is 0.371. The second-order valence-corrected chi connectivity index (χ2v) is 11.2. The molecule has 2 bridgehead atoms. The Bertz CT molecular complexity index is 516. The van der Waals surface area contributed by atoms with Crippen molar-refractivity contribution in [2.75, 3.05) is 0 Å². The Morgan fingerprint density at radius 2 is 1.86 bits per heavy atom. The summed E-state index contributed by atoms with van der Waals surface area (Å²) in [5.74, 6) is 0.734. The highest BCUT2D eigenvalue weighted by molar-refractivity contribution is 14.1. The fourth-order valence-corrected chi connectivity index (χ4v) is 6.80. The molecule has 0 aromatic heterocycles. The molecule has 3 aliphatic rings. The first-order chi connectivity index (χ1) is 9.70. The summed E-state index contributed by atoms with van der Waals surface area (Å²) >= 11 is 8.05. The molecule has 0 heterocycles. The molecule has 0 aromatic carbocycles. The zero-order valence-electron chi connectivity index (χ0n) is 13.9. The maximum Gasteiger partial charge on any atom is 0.0548 e. The zero-order valence-corrected chi connectivity index (χ0v) is 17.0. The lowest BCUT2D eigenvalue weighted by atomic mass is 9.57. The van der Waals surface area contributed by atoms with Gasteiger partial charge in [-0.1, -0.05) is 52.3 Å². The molecule has 0 radical (unpaired) electrons. The van der Waals surface area contributed by atoms with Gasteiger partial charge in [0.25, 0.3) is 0 Å². The largest absolute Gasteiger partial charge is 0.171 e.